The zero-order valence-corrected chi connectivity index (χ0v) is 14.1. The molecule has 0 fully saturated rings. The Labute approximate surface area is 153 Å². The van der Waals surface area contributed by atoms with E-state index in [1.165, 1.54) is 16.9 Å². The summed E-state index contributed by atoms with van der Waals surface area (Å²) in [5.74, 6) is -0.502. The van der Waals surface area contributed by atoms with Crippen LogP contribution >= 0.6 is 0 Å². The van der Waals surface area contributed by atoms with Gasteiger partial charge in [-0.1, -0.05) is 6.07 Å². The molecular formula is C20H14FN5O. The van der Waals surface area contributed by atoms with E-state index < -0.39 is 0 Å². The fourth-order valence-corrected chi connectivity index (χ4v) is 3.51. The summed E-state index contributed by atoms with van der Waals surface area (Å²) in [6.45, 7) is 0. The lowest BCUT2D eigenvalue weighted by atomic mass is 9.85. The number of carbonyl (C=O) groups excluding carboxylic acids is 1. The molecule has 0 saturated carbocycles. The van der Waals surface area contributed by atoms with Crippen LogP contribution in [0.5, 0.6) is 0 Å². The fraction of sp³-hybridized carbons (Fsp3) is 0.100. The van der Waals surface area contributed by atoms with Gasteiger partial charge in [0.25, 0.3) is 0 Å². The first kappa shape index (κ1) is 15.6. The predicted octanol–water partition coefficient (Wildman–Crippen LogP) is 3.43. The van der Waals surface area contributed by atoms with E-state index in [1.807, 2.05) is 24.3 Å². The minimum atomic E-state index is -0.313. The Balaban J connectivity index is 1.71. The maximum absolute atomic E-state index is 13.2. The molecule has 132 valence electrons. The molecule has 4 aromatic rings. The Morgan fingerprint density at radius 2 is 1.93 bits per heavy atom. The van der Waals surface area contributed by atoms with Gasteiger partial charge in [0.2, 0.25) is 5.91 Å². The van der Waals surface area contributed by atoms with E-state index in [4.69, 9.17) is 0 Å². The molecule has 0 radical (unpaired) electrons. The first-order chi connectivity index (χ1) is 13.2. The molecule has 0 bridgehead atoms. The van der Waals surface area contributed by atoms with Gasteiger partial charge in [-0.25, -0.2) is 4.39 Å². The Morgan fingerprint density at radius 1 is 1.07 bits per heavy atom. The Bertz CT molecular complexity index is 1150. The van der Waals surface area contributed by atoms with Crippen molar-refractivity contribution >= 4 is 22.6 Å². The van der Waals surface area contributed by atoms with Crippen LogP contribution in [0.25, 0.3) is 16.7 Å². The molecule has 1 atom stereocenters. The molecule has 2 aromatic carbocycles. The number of pyridine rings is 1. The summed E-state index contributed by atoms with van der Waals surface area (Å²) in [7, 11) is 0. The Morgan fingerprint density at radius 3 is 2.70 bits per heavy atom. The zero-order valence-electron chi connectivity index (χ0n) is 14.1. The molecule has 1 aliphatic rings. The van der Waals surface area contributed by atoms with Gasteiger partial charge in [0.05, 0.1) is 5.69 Å². The molecule has 1 aliphatic heterocycles. The molecule has 1 N–H and O–H groups in total. The van der Waals surface area contributed by atoms with Crippen LogP contribution in [0.2, 0.25) is 0 Å². The highest BCUT2D eigenvalue weighted by atomic mass is 19.1. The number of aromatic nitrogens is 4. The average Bonchev–Trinajstić information content (AvgIpc) is 3.13. The van der Waals surface area contributed by atoms with Crippen LogP contribution in [0.15, 0.2) is 60.9 Å². The summed E-state index contributed by atoms with van der Waals surface area (Å²) in [4.78, 5) is 17.9. The van der Waals surface area contributed by atoms with Crippen molar-refractivity contribution in [2.24, 2.45) is 0 Å². The van der Waals surface area contributed by atoms with Gasteiger partial charge < -0.3 is 5.32 Å². The van der Waals surface area contributed by atoms with Gasteiger partial charge in [-0.3, -0.25) is 9.78 Å². The molecule has 0 aliphatic carbocycles. The molecule has 0 spiro atoms. The van der Waals surface area contributed by atoms with Crippen LogP contribution in [-0.2, 0) is 4.79 Å². The van der Waals surface area contributed by atoms with Gasteiger partial charge in [-0.15, -0.1) is 10.2 Å². The van der Waals surface area contributed by atoms with Crippen LogP contribution < -0.4 is 5.32 Å². The monoisotopic (exact) mass is 359 g/mol. The van der Waals surface area contributed by atoms with E-state index in [0.29, 0.717) is 23.1 Å². The number of halogens is 1. The summed E-state index contributed by atoms with van der Waals surface area (Å²) in [6, 6.07) is 13.5. The number of benzene rings is 2. The number of amides is 1. The van der Waals surface area contributed by atoms with Crippen molar-refractivity contribution in [3.05, 3.63) is 77.9 Å². The summed E-state index contributed by atoms with van der Waals surface area (Å²) < 4.78 is 13.2. The summed E-state index contributed by atoms with van der Waals surface area (Å²) in [5, 5.41) is 12.1. The van der Waals surface area contributed by atoms with Crippen molar-refractivity contribution in [1.82, 2.24) is 20.0 Å². The van der Waals surface area contributed by atoms with E-state index in [-0.39, 0.29) is 17.6 Å². The van der Waals surface area contributed by atoms with E-state index in [0.717, 1.165) is 16.8 Å². The highest BCUT2D eigenvalue weighted by Gasteiger charge is 2.30. The van der Waals surface area contributed by atoms with Gasteiger partial charge >= 0.3 is 0 Å². The third kappa shape index (κ3) is 2.64. The van der Waals surface area contributed by atoms with Crippen LogP contribution in [-0.4, -0.2) is 25.9 Å². The molecule has 27 heavy (non-hydrogen) atoms. The Kier molecular flexibility index (Phi) is 3.46. The summed E-state index contributed by atoms with van der Waals surface area (Å²) in [5.41, 5.74) is 4.71. The molecule has 6 nitrogen and oxygen atoms in total. The number of fused-ring (bicyclic) bond motifs is 3. The second kappa shape index (κ2) is 5.98. The van der Waals surface area contributed by atoms with Crippen molar-refractivity contribution in [2.45, 2.75) is 12.3 Å². The highest BCUT2D eigenvalue weighted by molar-refractivity contribution is 5.99. The number of carbonyl (C=O) groups is 1. The molecule has 3 heterocycles. The maximum Gasteiger partial charge on any atom is 0.225 e. The van der Waals surface area contributed by atoms with Crippen LogP contribution in [0.4, 0.5) is 10.1 Å². The first-order valence-corrected chi connectivity index (χ1v) is 8.55. The van der Waals surface area contributed by atoms with Gasteiger partial charge in [0, 0.05) is 36.0 Å². The molecular weight excluding hydrogens is 345 g/mol. The van der Waals surface area contributed by atoms with Gasteiger partial charge in [-0.2, -0.15) is 4.80 Å². The van der Waals surface area contributed by atoms with Gasteiger partial charge in [0.1, 0.15) is 16.9 Å². The molecule has 0 saturated heterocycles. The number of anilines is 1. The minimum absolute atomic E-state index is 0.0402. The van der Waals surface area contributed by atoms with E-state index in [9.17, 15) is 9.18 Å². The van der Waals surface area contributed by atoms with Crippen molar-refractivity contribution < 1.29 is 9.18 Å². The van der Waals surface area contributed by atoms with Crippen molar-refractivity contribution in [1.29, 1.82) is 0 Å². The van der Waals surface area contributed by atoms with Crippen molar-refractivity contribution in [3.63, 3.8) is 0 Å². The third-order valence-electron chi connectivity index (χ3n) is 4.75. The van der Waals surface area contributed by atoms with Gasteiger partial charge in [0.15, 0.2) is 0 Å². The lowest BCUT2D eigenvalue weighted by Gasteiger charge is -2.25. The first-order valence-electron chi connectivity index (χ1n) is 8.55. The maximum atomic E-state index is 13.2. The fourth-order valence-electron chi connectivity index (χ4n) is 3.51. The largest absolute Gasteiger partial charge is 0.326 e. The Hall–Kier alpha value is -3.61. The molecule has 1 unspecified atom stereocenters. The minimum Gasteiger partial charge on any atom is -0.326 e. The normalized spacial score (nSPS) is 16.2. The zero-order chi connectivity index (χ0) is 18.4. The number of nitrogens with zero attached hydrogens (tertiary/aromatic N) is 4. The molecule has 2 aromatic heterocycles. The second-order valence-electron chi connectivity index (χ2n) is 6.45. The van der Waals surface area contributed by atoms with Gasteiger partial charge in [-0.05, 0) is 48.0 Å². The van der Waals surface area contributed by atoms with Crippen molar-refractivity contribution in [2.75, 3.05) is 5.32 Å². The van der Waals surface area contributed by atoms with Crippen LogP contribution in [0, 0.1) is 5.82 Å². The lowest BCUT2D eigenvalue weighted by molar-refractivity contribution is -0.116. The predicted molar refractivity (Wildman–Crippen MR) is 98.1 cm³/mol. The standard InChI is InChI=1S/C20H14FN5O/c21-13-3-5-14(6-4-13)26-24-17-8-7-16-19(20(17)25-26)15(10-18(27)23-16)12-2-1-9-22-11-12/h1-9,11,15H,10H2,(H,23,27). The third-order valence-corrected chi connectivity index (χ3v) is 4.75. The SMILES string of the molecule is O=C1CC(c2cccnc2)c2c(ccc3nn(-c4ccc(F)cc4)nc23)N1. The summed E-state index contributed by atoms with van der Waals surface area (Å²) in [6.07, 6.45) is 3.80. The lowest BCUT2D eigenvalue weighted by Crippen LogP contribution is -2.23. The molecule has 7 heteroatoms. The quantitative estimate of drug-likeness (QED) is 0.595. The highest BCUT2D eigenvalue weighted by Crippen LogP contribution is 2.40. The summed E-state index contributed by atoms with van der Waals surface area (Å²) >= 11 is 0. The van der Waals surface area contributed by atoms with Crippen LogP contribution in [0.1, 0.15) is 23.5 Å². The average molecular weight is 359 g/mol. The number of rotatable bonds is 2. The van der Waals surface area contributed by atoms with Crippen molar-refractivity contribution in [3.8, 4) is 5.69 Å². The number of nitrogens with one attached hydrogen (secondary N) is 1. The smallest absolute Gasteiger partial charge is 0.225 e. The topological polar surface area (TPSA) is 72.7 Å². The molecule has 5 rings (SSSR count). The van der Waals surface area contributed by atoms with Crippen LogP contribution in [0.3, 0.4) is 0 Å². The van der Waals surface area contributed by atoms with E-state index >= 15 is 0 Å². The van der Waals surface area contributed by atoms with E-state index in [2.05, 4.69) is 20.5 Å². The van der Waals surface area contributed by atoms with E-state index in [1.54, 1.807) is 24.5 Å². The number of hydrogen-bond donors (Lipinski definition) is 1. The molecule has 1 amide bonds. The number of hydrogen-bond acceptors (Lipinski definition) is 4. The second-order valence-corrected chi connectivity index (χ2v) is 6.45.